The molecule has 130 valence electrons. The summed E-state index contributed by atoms with van der Waals surface area (Å²) < 4.78 is 16.9. The summed E-state index contributed by atoms with van der Waals surface area (Å²) in [5.41, 5.74) is 1.69. The molecule has 0 unspecified atom stereocenters. The Morgan fingerprint density at radius 2 is 2.04 bits per heavy atom. The van der Waals surface area contributed by atoms with E-state index in [1.54, 1.807) is 34.6 Å². The number of nitrogens with one attached hydrogen (secondary N) is 1. The monoisotopic (exact) mass is 406 g/mol. The van der Waals surface area contributed by atoms with Crippen LogP contribution in [0.3, 0.4) is 0 Å². The molecule has 7 nitrogen and oxygen atoms in total. The molecular formula is C16H16BrFN6O. The van der Waals surface area contributed by atoms with Crippen LogP contribution in [0.5, 0.6) is 0 Å². The Hall–Kier alpha value is -2.55. The van der Waals surface area contributed by atoms with Crippen LogP contribution in [0.4, 0.5) is 10.3 Å². The lowest BCUT2D eigenvalue weighted by atomic mass is 10.2. The molecule has 9 heteroatoms. The van der Waals surface area contributed by atoms with Gasteiger partial charge in [-0.3, -0.25) is 14.8 Å². The molecule has 0 radical (unpaired) electrons. The first-order valence-electron chi connectivity index (χ1n) is 7.58. The van der Waals surface area contributed by atoms with Gasteiger partial charge in [0.2, 0.25) is 5.95 Å². The Morgan fingerprint density at radius 1 is 1.32 bits per heavy atom. The molecule has 2 heterocycles. The van der Waals surface area contributed by atoms with Gasteiger partial charge in [-0.1, -0.05) is 12.1 Å². The second kappa shape index (κ2) is 7.14. The lowest BCUT2D eigenvalue weighted by molar-refractivity contribution is -0.119. The van der Waals surface area contributed by atoms with Crippen molar-refractivity contribution in [1.29, 1.82) is 0 Å². The van der Waals surface area contributed by atoms with Crippen LogP contribution in [0.1, 0.15) is 24.2 Å². The summed E-state index contributed by atoms with van der Waals surface area (Å²) in [5, 5.41) is 11.1. The van der Waals surface area contributed by atoms with Gasteiger partial charge in [-0.25, -0.2) is 14.1 Å². The van der Waals surface area contributed by atoms with Gasteiger partial charge in [0.1, 0.15) is 18.2 Å². The standard InChI is InChI=1S/C16H16BrFN6O/c1-10-14(17)8-24(21-10)11(2)15(25)20-16-19-9-23(22-16)7-12-3-5-13(18)6-4-12/h3-6,8-9,11H,7H2,1-2H3,(H,20,22,25)/t11-/m0/s1. The molecule has 0 aliphatic rings. The molecule has 3 aromatic rings. The van der Waals surface area contributed by atoms with Crippen LogP contribution in [0.2, 0.25) is 0 Å². The fourth-order valence-corrected chi connectivity index (χ4v) is 2.49. The van der Waals surface area contributed by atoms with Crippen LogP contribution in [0, 0.1) is 12.7 Å². The second-order valence-electron chi connectivity index (χ2n) is 5.60. The highest BCUT2D eigenvalue weighted by Crippen LogP contribution is 2.17. The summed E-state index contributed by atoms with van der Waals surface area (Å²) in [4.78, 5) is 16.4. The fraction of sp³-hybridized carbons (Fsp3) is 0.250. The van der Waals surface area contributed by atoms with Gasteiger partial charge in [0.15, 0.2) is 0 Å². The third-order valence-electron chi connectivity index (χ3n) is 3.66. The number of rotatable bonds is 5. The van der Waals surface area contributed by atoms with E-state index < -0.39 is 6.04 Å². The number of aromatic nitrogens is 5. The molecular weight excluding hydrogens is 391 g/mol. The maximum Gasteiger partial charge on any atom is 0.251 e. The number of benzene rings is 1. The van der Waals surface area contributed by atoms with E-state index in [1.165, 1.54) is 18.5 Å². The van der Waals surface area contributed by atoms with Crippen molar-refractivity contribution in [2.45, 2.75) is 26.4 Å². The molecule has 0 bridgehead atoms. The molecule has 1 N–H and O–H groups in total. The topological polar surface area (TPSA) is 77.6 Å². The molecule has 0 saturated carbocycles. The van der Waals surface area contributed by atoms with Crippen molar-refractivity contribution < 1.29 is 9.18 Å². The zero-order valence-corrected chi connectivity index (χ0v) is 15.2. The summed E-state index contributed by atoms with van der Waals surface area (Å²) >= 11 is 3.37. The number of hydrogen-bond donors (Lipinski definition) is 1. The van der Waals surface area contributed by atoms with E-state index in [0.29, 0.717) is 6.54 Å². The molecule has 25 heavy (non-hydrogen) atoms. The molecule has 1 atom stereocenters. The average Bonchev–Trinajstić information content (AvgIpc) is 3.15. The summed E-state index contributed by atoms with van der Waals surface area (Å²) in [6, 6.07) is 5.63. The Bertz CT molecular complexity index is 869. The molecule has 0 saturated heterocycles. The number of aryl methyl sites for hydroxylation is 1. The predicted molar refractivity (Wildman–Crippen MR) is 93.5 cm³/mol. The van der Waals surface area contributed by atoms with E-state index >= 15 is 0 Å². The third-order valence-corrected chi connectivity index (χ3v) is 4.44. The van der Waals surface area contributed by atoms with E-state index in [4.69, 9.17) is 0 Å². The van der Waals surface area contributed by atoms with Gasteiger partial charge in [-0.2, -0.15) is 5.10 Å². The normalized spacial score (nSPS) is 12.2. The van der Waals surface area contributed by atoms with Crippen molar-refractivity contribution in [2.24, 2.45) is 0 Å². The van der Waals surface area contributed by atoms with Crippen LogP contribution in [0.15, 0.2) is 41.3 Å². The van der Waals surface area contributed by atoms with Crippen LogP contribution in [-0.2, 0) is 11.3 Å². The van der Waals surface area contributed by atoms with Gasteiger partial charge in [0.25, 0.3) is 5.91 Å². The van der Waals surface area contributed by atoms with Crippen molar-refractivity contribution in [1.82, 2.24) is 24.5 Å². The Balaban J connectivity index is 1.64. The molecule has 0 aliphatic carbocycles. The first kappa shape index (κ1) is 17.3. The number of anilines is 1. The van der Waals surface area contributed by atoms with Crippen molar-refractivity contribution in [3.8, 4) is 0 Å². The first-order chi connectivity index (χ1) is 11.9. The lowest BCUT2D eigenvalue weighted by Crippen LogP contribution is -2.24. The third kappa shape index (κ3) is 4.11. The zero-order valence-electron chi connectivity index (χ0n) is 13.6. The van der Waals surface area contributed by atoms with Crippen molar-refractivity contribution in [3.63, 3.8) is 0 Å². The highest BCUT2D eigenvalue weighted by Gasteiger charge is 2.18. The predicted octanol–water partition coefficient (Wildman–Crippen LogP) is 2.93. The zero-order chi connectivity index (χ0) is 18.0. The van der Waals surface area contributed by atoms with Crippen molar-refractivity contribution >= 4 is 27.8 Å². The van der Waals surface area contributed by atoms with Crippen LogP contribution < -0.4 is 5.32 Å². The van der Waals surface area contributed by atoms with Gasteiger partial charge < -0.3 is 0 Å². The lowest BCUT2D eigenvalue weighted by Gasteiger charge is -2.10. The molecule has 1 aromatic carbocycles. The van der Waals surface area contributed by atoms with E-state index in [1.807, 2.05) is 6.92 Å². The smallest absolute Gasteiger partial charge is 0.251 e. The molecule has 0 aliphatic heterocycles. The highest BCUT2D eigenvalue weighted by atomic mass is 79.9. The molecule has 0 spiro atoms. The molecule has 1 amide bonds. The van der Waals surface area contributed by atoms with E-state index in [-0.39, 0.29) is 17.7 Å². The number of hydrogen-bond acceptors (Lipinski definition) is 4. The summed E-state index contributed by atoms with van der Waals surface area (Å²) in [5.74, 6) is -0.346. The van der Waals surface area contributed by atoms with E-state index in [9.17, 15) is 9.18 Å². The minimum Gasteiger partial charge on any atom is -0.291 e. The van der Waals surface area contributed by atoms with Crippen LogP contribution in [0.25, 0.3) is 0 Å². The van der Waals surface area contributed by atoms with Crippen LogP contribution in [-0.4, -0.2) is 30.5 Å². The minimum atomic E-state index is -0.506. The first-order valence-corrected chi connectivity index (χ1v) is 8.37. The molecule has 0 fully saturated rings. The maximum absolute atomic E-state index is 12.9. The van der Waals surface area contributed by atoms with Gasteiger partial charge in [-0.15, -0.1) is 5.10 Å². The Kier molecular flexibility index (Phi) is 4.93. The largest absolute Gasteiger partial charge is 0.291 e. The van der Waals surface area contributed by atoms with E-state index in [0.717, 1.165) is 15.7 Å². The number of carbonyl (C=O) groups excluding carboxylic acids is 1. The average molecular weight is 407 g/mol. The maximum atomic E-state index is 12.9. The van der Waals surface area contributed by atoms with Crippen molar-refractivity contribution in [2.75, 3.05) is 5.32 Å². The van der Waals surface area contributed by atoms with Gasteiger partial charge >= 0.3 is 0 Å². The van der Waals surface area contributed by atoms with Gasteiger partial charge in [0, 0.05) is 6.20 Å². The Labute approximate surface area is 152 Å². The quantitative estimate of drug-likeness (QED) is 0.706. The summed E-state index contributed by atoms with van der Waals surface area (Å²) in [7, 11) is 0. The highest BCUT2D eigenvalue weighted by molar-refractivity contribution is 9.10. The number of nitrogens with zero attached hydrogens (tertiary/aromatic N) is 5. The Morgan fingerprint density at radius 3 is 2.68 bits per heavy atom. The summed E-state index contributed by atoms with van der Waals surface area (Å²) in [6.07, 6.45) is 3.26. The number of halogens is 2. The van der Waals surface area contributed by atoms with Crippen LogP contribution >= 0.6 is 15.9 Å². The van der Waals surface area contributed by atoms with Gasteiger partial charge in [0.05, 0.1) is 16.7 Å². The summed E-state index contributed by atoms with van der Waals surface area (Å²) in [6.45, 7) is 4.03. The number of amides is 1. The van der Waals surface area contributed by atoms with Gasteiger partial charge in [-0.05, 0) is 47.5 Å². The SMILES string of the molecule is Cc1nn([C@@H](C)C(=O)Nc2ncn(Cc3ccc(F)cc3)n2)cc1Br. The van der Waals surface area contributed by atoms with Crippen molar-refractivity contribution in [3.05, 3.63) is 58.3 Å². The minimum absolute atomic E-state index is 0.210. The fourth-order valence-electron chi connectivity index (χ4n) is 2.20. The molecule has 3 rings (SSSR count). The second-order valence-corrected chi connectivity index (χ2v) is 6.45. The van der Waals surface area contributed by atoms with E-state index in [2.05, 4.69) is 36.4 Å². The molecule has 2 aromatic heterocycles. The number of carbonyl (C=O) groups is 1.